The van der Waals surface area contributed by atoms with Gasteiger partial charge in [-0.05, 0) is 88.6 Å². The number of para-hydroxylation sites is 4. The largest absolute Gasteiger partial charge is 0.452 e. The van der Waals surface area contributed by atoms with Crippen molar-refractivity contribution in [3.05, 3.63) is 176 Å². The summed E-state index contributed by atoms with van der Waals surface area (Å²) in [4.78, 5) is 5.15. The molecule has 0 unspecified atom stereocenters. The van der Waals surface area contributed by atoms with E-state index in [1.165, 1.54) is 48.9 Å². The predicted octanol–water partition coefficient (Wildman–Crippen LogP) is 13.1. The zero-order chi connectivity index (χ0) is 34.6. The molecular weight excluding hydrogens is 647 g/mol. The molecule has 0 spiro atoms. The van der Waals surface area contributed by atoms with Gasteiger partial charge in [0.25, 0.3) is 0 Å². The van der Waals surface area contributed by atoms with Crippen molar-refractivity contribution in [1.29, 1.82) is 0 Å². The lowest BCUT2D eigenvalue weighted by atomic mass is 10.0. The molecule has 0 saturated heterocycles. The van der Waals surface area contributed by atoms with Gasteiger partial charge in [-0.2, -0.15) is 0 Å². The number of rotatable bonds is 3. The molecule has 0 N–H and O–H groups in total. The smallest absolute Gasteiger partial charge is 0.178 e. The second-order valence-corrected chi connectivity index (χ2v) is 14.0. The lowest BCUT2D eigenvalue weighted by Crippen LogP contribution is -1.98. The van der Waals surface area contributed by atoms with E-state index < -0.39 is 0 Å². The number of furan rings is 1. The standard InChI is InChI=1S/C49H29N3O/c1-2-14-34(15-3-1)51-43-25-23-32(27-39(43)40-26-30-12-4-5-13-31(30)28-45(40)51)33-22-24-36-35-16-7-10-20-42(35)52(44(36)29-33)48-37-17-6-9-19-41(37)50-47-38-18-8-11-21-46(38)53-49(47)48/h1-29H. The van der Waals surface area contributed by atoms with Crippen LogP contribution in [-0.2, 0) is 0 Å². The molecule has 12 rings (SSSR count). The third-order valence-corrected chi connectivity index (χ3v) is 11.1. The van der Waals surface area contributed by atoms with Crippen molar-refractivity contribution in [3.63, 3.8) is 0 Å². The Hall–Kier alpha value is -7.17. The minimum Gasteiger partial charge on any atom is -0.452 e. The Bertz CT molecular complexity index is 3460. The predicted molar refractivity (Wildman–Crippen MR) is 221 cm³/mol. The molecule has 4 heterocycles. The fraction of sp³-hybridized carbons (Fsp3) is 0. The maximum absolute atomic E-state index is 6.70. The van der Waals surface area contributed by atoms with Gasteiger partial charge in [0.1, 0.15) is 16.8 Å². The molecule has 0 amide bonds. The number of nitrogens with zero attached hydrogens (tertiary/aromatic N) is 3. The first-order valence-electron chi connectivity index (χ1n) is 18.0. The average molecular weight is 676 g/mol. The van der Waals surface area contributed by atoms with E-state index in [-0.39, 0.29) is 0 Å². The maximum Gasteiger partial charge on any atom is 0.178 e. The Morgan fingerprint density at radius 3 is 1.91 bits per heavy atom. The van der Waals surface area contributed by atoms with Crippen molar-refractivity contribution in [2.75, 3.05) is 0 Å². The van der Waals surface area contributed by atoms with Gasteiger partial charge in [-0.1, -0.05) is 109 Å². The summed E-state index contributed by atoms with van der Waals surface area (Å²) in [7, 11) is 0. The minimum absolute atomic E-state index is 0.792. The Morgan fingerprint density at radius 1 is 0.396 bits per heavy atom. The molecule has 0 fully saturated rings. The maximum atomic E-state index is 6.70. The van der Waals surface area contributed by atoms with Crippen LogP contribution in [0, 0.1) is 0 Å². The molecule has 8 aromatic carbocycles. The highest BCUT2D eigenvalue weighted by atomic mass is 16.3. The van der Waals surface area contributed by atoms with Gasteiger partial charge < -0.3 is 13.6 Å². The van der Waals surface area contributed by atoms with E-state index in [0.717, 1.165) is 60.9 Å². The van der Waals surface area contributed by atoms with Gasteiger partial charge in [-0.15, -0.1) is 0 Å². The van der Waals surface area contributed by atoms with Crippen LogP contribution in [0.15, 0.2) is 180 Å². The summed E-state index contributed by atoms with van der Waals surface area (Å²) < 4.78 is 11.5. The molecule has 0 bridgehead atoms. The van der Waals surface area contributed by atoms with Crippen molar-refractivity contribution >= 4 is 87.4 Å². The fourth-order valence-electron chi connectivity index (χ4n) is 8.67. The Kier molecular flexibility index (Phi) is 5.74. The quantitative estimate of drug-likeness (QED) is 0.187. The second-order valence-electron chi connectivity index (χ2n) is 14.0. The first kappa shape index (κ1) is 28.5. The van der Waals surface area contributed by atoms with Crippen LogP contribution in [-0.4, -0.2) is 14.1 Å². The van der Waals surface area contributed by atoms with Crippen LogP contribution >= 0.6 is 0 Å². The first-order chi connectivity index (χ1) is 26.3. The lowest BCUT2D eigenvalue weighted by Gasteiger charge is -2.13. The molecule has 4 heteroatoms. The van der Waals surface area contributed by atoms with E-state index >= 15 is 0 Å². The molecule has 0 aliphatic rings. The summed E-state index contributed by atoms with van der Waals surface area (Å²) in [6, 6.07) is 63.2. The number of fused-ring (bicyclic) bond motifs is 11. The van der Waals surface area contributed by atoms with Gasteiger partial charge in [0.15, 0.2) is 5.58 Å². The zero-order valence-corrected chi connectivity index (χ0v) is 28.5. The van der Waals surface area contributed by atoms with Crippen LogP contribution in [0.5, 0.6) is 0 Å². The highest BCUT2D eigenvalue weighted by Gasteiger charge is 2.22. The van der Waals surface area contributed by atoms with E-state index in [1.807, 2.05) is 12.1 Å². The number of pyridine rings is 1. The molecule has 0 atom stereocenters. The monoisotopic (exact) mass is 675 g/mol. The van der Waals surface area contributed by atoms with E-state index in [0.29, 0.717) is 0 Å². The van der Waals surface area contributed by atoms with Crippen molar-refractivity contribution in [2.24, 2.45) is 0 Å². The first-order valence-corrected chi connectivity index (χ1v) is 18.0. The molecular formula is C49H29N3O. The fourth-order valence-corrected chi connectivity index (χ4v) is 8.67. The van der Waals surface area contributed by atoms with E-state index in [1.54, 1.807) is 0 Å². The van der Waals surface area contributed by atoms with E-state index in [9.17, 15) is 0 Å². The summed E-state index contributed by atoms with van der Waals surface area (Å²) in [6.45, 7) is 0. The van der Waals surface area contributed by atoms with Crippen molar-refractivity contribution < 1.29 is 4.42 Å². The zero-order valence-electron chi connectivity index (χ0n) is 28.5. The number of aromatic nitrogens is 3. The molecule has 53 heavy (non-hydrogen) atoms. The summed E-state index contributed by atoms with van der Waals surface area (Å²) >= 11 is 0. The summed E-state index contributed by atoms with van der Waals surface area (Å²) in [5, 5.41) is 9.42. The average Bonchev–Trinajstić information content (AvgIpc) is 3.86. The molecule has 246 valence electrons. The van der Waals surface area contributed by atoms with Gasteiger partial charge >= 0.3 is 0 Å². The van der Waals surface area contributed by atoms with Crippen molar-refractivity contribution in [2.45, 2.75) is 0 Å². The lowest BCUT2D eigenvalue weighted by molar-refractivity contribution is 0.666. The van der Waals surface area contributed by atoms with Crippen molar-refractivity contribution in [1.82, 2.24) is 14.1 Å². The number of hydrogen-bond donors (Lipinski definition) is 0. The Balaban J connectivity index is 1.16. The summed E-state index contributed by atoms with van der Waals surface area (Å²) in [5.74, 6) is 0. The summed E-state index contributed by atoms with van der Waals surface area (Å²) in [5.41, 5.74) is 12.6. The second kappa shape index (κ2) is 10.7. The van der Waals surface area contributed by atoms with Gasteiger partial charge in [-0.3, -0.25) is 0 Å². The SMILES string of the molecule is c1ccc(-n2c3ccc(-c4ccc5c6ccccc6n(-c6c7ccccc7nc7c6oc6ccccc67)c5c4)cc3c3cc4ccccc4cc32)cc1. The number of benzene rings is 8. The van der Waals surface area contributed by atoms with Gasteiger partial charge in [0.2, 0.25) is 0 Å². The highest BCUT2D eigenvalue weighted by Crippen LogP contribution is 2.43. The number of hydrogen-bond acceptors (Lipinski definition) is 2. The van der Waals surface area contributed by atoms with Crippen LogP contribution < -0.4 is 0 Å². The highest BCUT2D eigenvalue weighted by molar-refractivity contribution is 6.17. The molecule has 0 saturated carbocycles. The normalized spacial score (nSPS) is 12.2. The van der Waals surface area contributed by atoms with Crippen LogP contribution in [0.2, 0.25) is 0 Å². The van der Waals surface area contributed by atoms with E-state index in [4.69, 9.17) is 9.40 Å². The molecule has 0 radical (unpaired) electrons. The van der Waals surface area contributed by atoms with Crippen LogP contribution in [0.1, 0.15) is 0 Å². The van der Waals surface area contributed by atoms with Gasteiger partial charge in [-0.25, -0.2) is 4.98 Å². The topological polar surface area (TPSA) is 35.9 Å². The van der Waals surface area contributed by atoms with Crippen LogP contribution in [0.25, 0.3) is 110 Å². The van der Waals surface area contributed by atoms with Crippen molar-refractivity contribution in [3.8, 4) is 22.5 Å². The molecule has 4 aromatic heterocycles. The molecule has 12 aromatic rings. The van der Waals surface area contributed by atoms with Gasteiger partial charge in [0, 0.05) is 38.0 Å². The third-order valence-electron chi connectivity index (χ3n) is 11.1. The summed E-state index contributed by atoms with van der Waals surface area (Å²) in [6.07, 6.45) is 0. The Morgan fingerprint density at radius 2 is 1.02 bits per heavy atom. The van der Waals surface area contributed by atoms with Crippen LogP contribution in [0.4, 0.5) is 0 Å². The third kappa shape index (κ3) is 4.03. The molecule has 0 aliphatic carbocycles. The molecule has 4 nitrogen and oxygen atoms in total. The van der Waals surface area contributed by atoms with Crippen LogP contribution in [0.3, 0.4) is 0 Å². The minimum atomic E-state index is 0.792. The molecule has 0 aliphatic heterocycles. The Labute approximate surface area is 303 Å². The van der Waals surface area contributed by atoms with Gasteiger partial charge in [0.05, 0.1) is 27.6 Å². The van der Waals surface area contributed by atoms with E-state index in [2.05, 4.69) is 173 Å².